The normalized spacial score (nSPS) is 12.3. The smallest absolute Gasteiger partial charge is 0.218 e. The van der Waals surface area contributed by atoms with Crippen LogP contribution in [-0.4, -0.2) is 26.4 Å². The molecule has 1 aromatic heterocycles. The zero-order chi connectivity index (χ0) is 15.2. The first-order chi connectivity index (χ1) is 10.1. The Hall–Kier alpha value is -1.82. The first-order valence-corrected chi connectivity index (χ1v) is 8.03. The molecule has 0 aliphatic heterocycles. The predicted molar refractivity (Wildman–Crippen MR) is 85.0 cm³/mol. The van der Waals surface area contributed by atoms with Crippen LogP contribution in [0.3, 0.4) is 0 Å². The molecule has 0 fully saturated rings. The minimum atomic E-state index is -0.291. The van der Waals surface area contributed by atoms with E-state index in [0.29, 0.717) is 18.2 Å². The highest BCUT2D eigenvalue weighted by molar-refractivity contribution is 7.99. The Morgan fingerprint density at radius 3 is 2.67 bits per heavy atom. The Labute approximate surface area is 128 Å². The van der Waals surface area contributed by atoms with Crippen LogP contribution >= 0.6 is 11.8 Å². The number of nitrogens with zero attached hydrogens (tertiary/aromatic N) is 3. The van der Waals surface area contributed by atoms with Gasteiger partial charge in [0.1, 0.15) is 0 Å². The fourth-order valence-corrected chi connectivity index (χ4v) is 2.97. The third kappa shape index (κ3) is 3.85. The number of rotatable bonds is 7. The van der Waals surface area contributed by atoms with Crippen LogP contribution in [0.15, 0.2) is 35.5 Å². The van der Waals surface area contributed by atoms with Gasteiger partial charge >= 0.3 is 0 Å². The van der Waals surface area contributed by atoms with Gasteiger partial charge in [-0.3, -0.25) is 9.36 Å². The second-order valence-electron chi connectivity index (χ2n) is 4.86. The molecule has 5 nitrogen and oxygen atoms in total. The standard InChI is InChI=1S/C15H20N4OS/c1-3-11(2)19-14(12-7-5-4-6-8-12)17-18-15(19)21-10-9-13(16)20/h4-8,11H,3,9-10H2,1-2H3,(H2,16,20)/t11-/m1/s1. The zero-order valence-electron chi connectivity index (χ0n) is 12.3. The molecule has 21 heavy (non-hydrogen) atoms. The molecule has 112 valence electrons. The minimum absolute atomic E-state index is 0.291. The van der Waals surface area contributed by atoms with E-state index in [0.717, 1.165) is 23.0 Å². The van der Waals surface area contributed by atoms with Crippen molar-refractivity contribution in [3.8, 4) is 11.4 Å². The molecule has 0 spiro atoms. The Morgan fingerprint density at radius 1 is 1.33 bits per heavy atom. The molecule has 1 amide bonds. The molecular weight excluding hydrogens is 284 g/mol. The Kier molecular flexibility index (Phi) is 5.38. The summed E-state index contributed by atoms with van der Waals surface area (Å²) in [4.78, 5) is 10.9. The number of hydrogen-bond donors (Lipinski definition) is 1. The van der Waals surface area contributed by atoms with Crippen LogP contribution in [0.25, 0.3) is 11.4 Å². The molecule has 2 N–H and O–H groups in total. The van der Waals surface area contributed by atoms with Gasteiger partial charge in [0.05, 0.1) is 0 Å². The van der Waals surface area contributed by atoms with Gasteiger partial charge in [-0.2, -0.15) is 0 Å². The van der Waals surface area contributed by atoms with Crippen LogP contribution in [0.4, 0.5) is 0 Å². The van der Waals surface area contributed by atoms with Gasteiger partial charge in [-0.05, 0) is 13.3 Å². The Bertz CT molecular complexity index is 597. The molecule has 0 radical (unpaired) electrons. The van der Waals surface area contributed by atoms with E-state index in [2.05, 4.69) is 28.6 Å². The molecule has 0 unspecified atom stereocenters. The first kappa shape index (κ1) is 15.6. The molecule has 2 aromatic rings. The molecule has 1 atom stereocenters. The van der Waals surface area contributed by atoms with Crippen LogP contribution in [-0.2, 0) is 4.79 Å². The fourth-order valence-electron chi connectivity index (χ4n) is 1.98. The number of thioether (sulfide) groups is 1. The van der Waals surface area contributed by atoms with E-state index in [-0.39, 0.29) is 5.91 Å². The summed E-state index contributed by atoms with van der Waals surface area (Å²) in [6.45, 7) is 4.28. The van der Waals surface area contributed by atoms with Crippen molar-refractivity contribution >= 4 is 17.7 Å². The van der Waals surface area contributed by atoms with Gasteiger partial charge in [-0.25, -0.2) is 0 Å². The van der Waals surface area contributed by atoms with E-state index in [4.69, 9.17) is 5.73 Å². The number of hydrogen-bond acceptors (Lipinski definition) is 4. The number of benzene rings is 1. The van der Waals surface area contributed by atoms with Crippen molar-refractivity contribution in [1.29, 1.82) is 0 Å². The predicted octanol–water partition coefficient (Wildman–Crippen LogP) is 2.88. The summed E-state index contributed by atoms with van der Waals surface area (Å²) in [6, 6.07) is 10.3. The molecule has 0 aliphatic carbocycles. The Balaban J connectivity index is 2.29. The van der Waals surface area contributed by atoms with Gasteiger partial charge in [-0.1, -0.05) is 49.0 Å². The van der Waals surface area contributed by atoms with Gasteiger partial charge < -0.3 is 5.73 Å². The van der Waals surface area contributed by atoms with Crippen molar-refractivity contribution in [1.82, 2.24) is 14.8 Å². The summed E-state index contributed by atoms with van der Waals surface area (Å²) < 4.78 is 2.14. The molecule has 0 saturated heterocycles. The number of aromatic nitrogens is 3. The van der Waals surface area contributed by atoms with Crippen molar-refractivity contribution < 1.29 is 4.79 Å². The van der Waals surface area contributed by atoms with E-state index in [1.807, 2.05) is 30.3 Å². The maximum absolute atomic E-state index is 10.9. The number of carbonyl (C=O) groups is 1. The van der Waals surface area contributed by atoms with Gasteiger partial charge in [0.2, 0.25) is 5.91 Å². The largest absolute Gasteiger partial charge is 0.370 e. The van der Waals surface area contributed by atoms with Gasteiger partial charge in [0.15, 0.2) is 11.0 Å². The van der Waals surface area contributed by atoms with Crippen LogP contribution in [0, 0.1) is 0 Å². The quantitative estimate of drug-likeness (QED) is 0.798. The third-order valence-electron chi connectivity index (χ3n) is 3.31. The lowest BCUT2D eigenvalue weighted by Crippen LogP contribution is -2.12. The second-order valence-corrected chi connectivity index (χ2v) is 5.93. The first-order valence-electron chi connectivity index (χ1n) is 7.05. The lowest BCUT2D eigenvalue weighted by molar-refractivity contribution is -0.117. The fraction of sp³-hybridized carbons (Fsp3) is 0.400. The molecule has 1 heterocycles. The van der Waals surface area contributed by atoms with Gasteiger partial charge in [-0.15, -0.1) is 10.2 Å². The van der Waals surface area contributed by atoms with Crippen molar-refractivity contribution in [3.63, 3.8) is 0 Å². The van der Waals surface area contributed by atoms with Crippen molar-refractivity contribution in [2.45, 2.75) is 37.9 Å². The third-order valence-corrected chi connectivity index (χ3v) is 4.25. The summed E-state index contributed by atoms with van der Waals surface area (Å²) in [6.07, 6.45) is 1.33. The highest BCUT2D eigenvalue weighted by atomic mass is 32.2. The molecule has 0 bridgehead atoms. The van der Waals surface area contributed by atoms with Gasteiger partial charge in [0, 0.05) is 23.8 Å². The maximum atomic E-state index is 10.9. The van der Waals surface area contributed by atoms with E-state index in [1.54, 1.807) is 0 Å². The van der Waals surface area contributed by atoms with Crippen LogP contribution < -0.4 is 5.73 Å². The molecule has 0 aliphatic rings. The maximum Gasteiger partial charge on any atom is 0.218 e. The molecule has 1 aromatic carbocycles. The average Bonchev–Trinajstić information content (AvgIpc) is 2.91. The van der Waals surface area contributed by atoms with E-state index in [9.17, 15) is 4.79 Å². The van der Waals surface area contributed by atoms with Crippen molar-refractivity contribution in [2.75, 3.05) is 5.75 Å². The second kappa shape index (κ2) is 7.26. The number of amides is 1. The number of carbonyl (C=O) groups excluding carboxylic acids is 1. The summed E-state index contributed by atoms with van der Waals surface area (Å²) in [7, 11) is 0. The Morgan fingerprint density at radius 2 is 2.05 bits per heavy atom. The van der Waals surface area contributed by atoms with E-state index >= 15 is 0 Å². The van der Waals surface area contributed by atoms with Gasteiger partial charge in [0.25, 0.3) is 0 Å². The molecule has 2 rings (SSSR count). The molecular formula is C15H20N4OS. The van der Waals surface area contributed by atoms with Crippen LogP contribution in [0.5, 0.6) is 0 Å². The van der Waals surface area contributed by atoms with Crippen molar-refractivity contribution in [2.24, 2.45) is 5.73 Å². The SMILES string of the molecule is CC[C@@H](C)n1c(SCCC(N)=O)nnc1-c1ccccc1. The summed E-state index contributed by atoms with van der Waals surface area (Å²) in [5, 5.41) is 9.45. The topological polar surface area (TPSA) is 73.8 Å². The van der Waals surface area contributed by atoms with E-state index < -0.39 is 0 Å². The molecule has 0 saturated carbocycles. The number of primary amides is 1. The highest BCUT2D eigenvalue weighted by Crippen LogP contribution is 2.29. The lowest BCUT2D eigenvalue weighted by atomic mass is 10.2. The minimum Gasteiger partial charge on any atom is -0.370 e. The van der Waals surface area contributed by atoms with Crippen LogP contribution in [0.1, 0.15) is 32.7 Å². The lowest BCUT2D eigenvalue weighted by Gasteiger charge is -2.16. The van der Waals surface area contributed by atoms with Crippen LogP contribution in [0.2, 0.25) is 0 Å². The number of nitrogens with two attached hydrogens (primary N) is 1. The zero-order valence-corrected chi connectivity index (χ0v) is 13.1. The molecule has 6 heteroatoms. The van der Waals surface area contributed by atoms with E-state index in [1.165, 1.54) is 11.8 Å². The summed E-state index contributed by atoms with van der Waals surface area (Å²) >= 11 is 1.52. The average molecular weight is 304 g/mol. The monoisotopic (exact) mass is 304 g/mol. The highest BCUT2D eigenvalue weighted by Gasteiger charge is 2.18. The summed E-state index contributed by atoms with van der Waals surface area (Å²) in [5.74, 6) is 1.20. The van der Waals surface area contributed by atoms with Crippen molar-refractivity contribution in [3.05, 3.63) is 30.3 Å². The summed E-state index contributed by atoms with van der Waals surface area (Å²) in [5.41, 5.74) is 6.23.